The number of halogens is 1. The van der Waals surface area contributed by atoms with Crippen LogP contribution in [0.4, 0.5) is 17.2 Å². The van der Waals surface area contributed by atoms with Gasteiger partial charge in [0.05, 0.1) is 25.3 Å². The van der Waals surface area contributed by atoms with Gasteiger partial charge in [-0.1, -0.05) is 12.1 Å². The second-order valence-corrected chi connectivity index (χ2v) is 7.75. The van der Waals surface area contributed by atoms with Crippen molar-refractivity contribution in [3.8, 4) is 11.5 Å². The largest absolute Gasteiger partial charge is 0.493 e. The number of methoxy groups -OCH3 is 2. The van der Waals surface area contributed by atoms with Gasteiger partial charge in [-0.05, 0) is 65.1 Å². The van der Waals surface area contributed by atoms with E-state index in [9.17, 15) is 4.79 Å². The minimum atomic E-state index is -0.145. The summed E-state index contributed by atoms with van der Waals surface area (Å²) < 4.78 is 11.6. The highest BCUT2D eigenvalue weighted by atomic mass is 127. The summed E-state index contributed by atoms with van der Waals surface area (Å²) in [6.07, 6.45) is 1.49. The molecule has 0 unspecified atom stereocenters. The standard InChI is InChI=1S/C23H19IN4O3/c1-30-20-11-17-19(12-21(20)31-2)25-13-26-22(17)27-14-7-9-15(10-8-14)28-23(29)16-5-3-4-6-18(16)24/h3-13H,1-2H3,(H,28,29)(H,25,26,27). The molecule has 8 heteroatoms. The highest BCUT2D eigenvalue weighted by Gasteiger charge is 2.12. The van der Waals surface area contributed by atoms with Crippen molar-refractivity contribution in [2.75, 3.05) is 24.9 Å². The first kappa shape index (κ1) is 20.9. The Hall–Kier alpha value is -3.40. The molecule has 0 spiro atoms. The van der Waals surface area contributed by atoms with Crippen molar-refractivity contribution in [2.24, 2.45) is 0 Å². The molecule has 4 aromatic rings. The molecule has 0 aliphatic carbocycles. The van der Waals surface area contributed by atoms with E-state index in [2.05, 4.69) is 43.2 Å². The van der Waals surface area contributed by atoms with Crippen LogP contribution in [0.1, 0.15) is 10.4 Å². The molecule has 3 aromatic carbocycles. The molecular weight excluding hydrogens is 507 g/mol. The molecule has 0 atom stereocenters. The van der Waals surface area contributed by atoms with Gasteiger partial charge in [-0.3, -0.25) is 4.79 Å². The maximum absolute atomic E-state index is 12.5. The van der Waals surface area contributed by atoms with Crippen molar-refractivity contribution in [3.63, 3.8) is 0 Å². The third-order valence-electron chi connectivity index (χ3n) is 4.66. The summed E-state index contributed by atoms with van der Waals surface area (Å²) in [7, 11) is 3.17. The number of nitrogens with zero attached hydrogens (tertiary/aromatic N) is 2. The van der Waals surface area contributed by atoms with Crippen LogP contribution in [0.3, 0.4) is 0 Å². The Morgan fingerprint density at radius 2 is 1.58 bits per heavy atom. The number of carbonyl (C=O) groups is 1. The van der Waals surface area contributed by atoms with Crippen LogP contribution in [-0.2, 0) is 0 Å². The average molecular weight is 526 g/mol. The second kappa shape index (κ2) is 9.17. The Labute approximate surface area is 193 Å². The lowest BCUT2D eigenvalue weighted by atomic mass is 10.2. The molecule has 2 N–H and O–H groups in total. The molecule has 0 radical (unpaired) electrons. The number of fused-ring (bicyclic) bond motifs is 1. The molecule has 0 saturated heterocycles. The van der Waals surface area contributed by atoms with Crippen LogP contribution < -0.4 is 20.1 Å². The normalized spacial score (nSPS) is 10.5. The molecule has 1 aromatic heterocycles. The Kier molecular flexibility index (Phi) is 6.17. The fourth-order valence-electron chi connectivity index (χ4n) is 3.10. The molecule has 7 nitrogen and oxygen atoms in total. The average Bonchev–Trinajstić information content (AvgIpc) is 2.80. The van der Waals surface area contributed by atoms with Gasteiger partial charge in [-0.15, -0.1) is 0 Å². The Bertz CT molecular complexity index is 1250. The van der Waals surface area contributed by atoms with Crippen molar-refractivity contribution in [3.05, 3.63) is 76.1 Å². The molecule has 0 fully saturated rings. The number of hydrogen-bond donors (Lipinski definition) is 2. The van der Waals surface area contributed by atoms with E-state index in [-0.39, 0.29) is 5.91 Å². The van der Waals surface area contributed by atoms with Gasteiger partial charge in [0.1, 0.15) is 12.1 Å². The van der Waals surface area contributed by atoms with Gasteiger partial charge in [0.15, 0.2) is 11.5 Å². The third kappa shape index (κ3) is 4.53. The van der Waals surface area contributed by atoms with E-state index < -0.39 is 0 Å². The van der Waals surface area contributed by atoms with Crippen molar-refractivity contribution in [2.45, 2.75) is 0 Å². The lowest BCUT2D eigenvalue weighted by molar-refractivity contribution is 0.102. The molecule has 0 saturated carbocycles. The zero-order chi connectivity index (χ0) is 21.8. The quantitative estimate of drug-likeness (QED) is 0.334. The Morgan fingerprint density at radius 1 is 0.903 bits per heavy atom. The summed E-state index contributed by atoms with van der Waals surface area (Å²) in [4.78, 5) is 21.2. The lowest BCUT2D eigenvalue weighted by Gasteiger charge is -2.12. The number of benzene rings is 3. The van der Waals surface area contributed by atoms with Gasteiger partial charge in [0.2, 0.25) is 0 Å². The van der Waals surface area contributed by atoms with Gasteiger partial charge < -0.3 is 20.1 Å². The number of rotatable bonds is 6. The zero-order valence-corrected chi connectivity index (χ0v) is 19.0. The van der Waals surface area contributed by atoms with Crippen LogP contribution in [0.2, 0.25) is 0 Å². The maximum Gasteiger partial charge on any atom is 0.256 e. The van der Waals surface area contributed by atoms with Crippen LogP contribution in [0.15, 0.2) is 67.0 Å². The summed E-state index contributed by atoms with van der Waals surface area (Å²) in [5.41, 5.74) is 2.90. The van der Waals surface area contributed by atoms with E-state index >= 15 is 0 Å². The van der Waals surface area contributed by atoms with Crippen LogP contribution >= 0.6 is 22.6 Å². The summed E-state index contributed by atoms with van der Waals surface area (Å²) in [5, 5.41) is 7.02. The minimum Gasteiger partial charge on any atom is -0.493 e. The van der Waals surface area contributed by atoms with Crippen molar-refractivity contribution < 1.29 is 14.3 Å². The maximum atomic E-state index is 12.5. The van der Waals surface area contributed by atoms with Crippen molar-refractivity contribution in [1.29, 1.82) is 0 Å². The third-order valence-corrected chi connectivity index (χ3v) is 5.61. The predicted octanol–water partition coefficient (Wildman–Crippen LogP) is 5.25. The highest BCUT2D eigenvalue weighted by molar-refractivity contribution is 14.1. The van der Waals surface area contributed by atoms with E-state index in [1.54, 1.807) is 20.3 Å². The summed E-state index contributed by atoms with van der Waals surface area (Å²) in [6, 6.07) is 18.5. The van der Waals surface area contributed by atoms with E-state index in [1.165, 1.54) is 6.33 Å². The topological polar surface area (TPSA) is 85.4 Å². The number of ether oxygens (including phenoxy) is 2. The van der Waals surface area contributed by atoms with Gasteiger partial charge in [0, 0.05) is 26.4 Å². The van der Waals surface area contributed by atoms with Gasteiger partial charge >= 0.3 is 0 Å². The molecule has 31 heavy (non-hydrogen) atoms. The highest BCUT2D eigenvalue weighted by Crippen LogP contribution is 2.34. The van der Waals surface area contributed by atoms with E-state index in [1.807, 2.05) is 54.6 Å². The molecule has 1 heterocycles. The molecule has 0 aliphatic rings. The fraction of sp³-hybridized carbons (Fsp3) is 0.0870. The van der Waals surface area contributed by atoms with Crippen LogP contribution in [0.25, 0.3) is 10.9 Å². The smallest absolute Gasteiger partial charge is 0.256 e. The molecule has 0 bridgehead atoms. The van der Waals surface area contributed by atoms with Gasteiger partial charge in [-0.2, -0.15) is 0 Å². The number of aromatic nitrogens is 2. The summed E-state index contributed by atoms with van der Waals surface area (Å²) in [5.74, 6) is 1.70. The Balaban J connectivity index is 1.55. The zero-order valence-electron chi connectivity index (χ0n) is 16.8. The minimum absolute atomic E-state index is 0.145. The van der Waals surface area contributed by atoms with Crippen LogP contribution in [0, 0.1) is 3.57 Å². The molecule has 1 amide bonds. The van der Waals surface area contributed by atoms with Gasteiger partial charge in [0.25, 0.3) is 5.91 Å². The first-order valence-electron chi connectivity index (χ1n) is 9.38. The van der Waals surface area contributed by atoms with Crippen LogP contribution in [0.5, 0.6) is 11.5 Å². The molecule has 0 aliphatic heterocycles. The first-order chi connectivity index (χ1) is 15.1. The first-order valence-corrected chi connectivity index (χ1v) is 10.5. The van der Waals surface area contributed by atoms with E-state index in [4.69, 9.17) is 9.47 Å². The van der Waals surface area contributed by atoms with Crippen molar-refractivity contribution >= 4 is 56.6 Å². The Morgan fingerprint density at radius 3 is 2.29 bits per heavy atom. The second-order valence-electron chi connectivity index (χ2n) is 6.58. The number of anilines is 3. The molecule has 4 rings (SSSR count). The monoisotopic (exact) mass is 526 g/mol. The van der Waals surface area contributed by atoms with Crippen molar-refractivity contribution in [1.82, 2.24) is 9.97 Å². The molecule has 156 valence electrons. The van der Waals surface area contributed by atoms with Gasteiger partial charge in [-0.25, -0.2) is 9.97 Å². The SMILES string of the molecule is COc1cc2ncnc(Nc3ccc(NC(=O)c4ccccc4I)cc3)c2cc1OC. The van der Waals surface area contributed by atoms with E-state index in [0.29, 0.717) is 28.6 Å². The number of hydrogen-bond acceptors (Lipinski definition) is 6. The molecular formula is C23H19IN4O3. The number of carbonyl (C=O) groups excluding carboxylic acids is 1. The van der Waals surface area contributed by atoms with Crippen LogP contribution in [-0.4, -0.2) is 30.1 Å². The fourth-order valence-corrected chi connectivity index (χ4v) is 3.73. The predicted molar refractivity (Wildman–Crippen MR) is 129 cm³/mol. The number of amides is 1. The lowest BCUT2D eigenvalue weighted by Crippen LogP contribution is -2.13. The summed E-state index contributed by atoms with van der Waals surface area (Å²) >= 11 is 2.15. The summed E-state index contributed by atoms with van der Waals surface area (Å²) in [6.45, 7) is 0. The number of nitrogens with one attached hydrogen (secondary N) is 2. The van der Waals surface area contributed by atoms with E-state index in [0.717, 1.165) is 20.2 Å².